The Morgan fingerprint density at radius 3 is 1.82 bits per heavy atom. The number of phenols is 1. The number of H-pyrrole nitrogens is 3. The van der Waals surface area contributed by atoms with Crippen LogP contribution < -0.4 is 4.74 Å². The van der Waals surface area contributed by atoms with E-state index in [1.807, 2.05) is 84.9 Å². The van der Waals surface area contributed by atoms with Crippen LogP contribution in [0.1, 0.15) is 27.8 Å². The fourth-order valence-electron chi connectivity index (χ4n) is 6.26. The van der Waals surface area contributed by atoms with E-state index in [2.05, 4.69) is 29.9 Å². The molecule has 274 valence electrons. The van der Waals surface area contributed by atoms with Crippen LogP contribution in [0.25, 0.3) is 54.9 Å². The van der Waals surface area contributed by atoms with E-state index in [9.17, 15) is 19.1 Å². The minimum Gasteiger partial charge on any atom is -0.507 e. The van der Waals surface area contributed by atoms with E-state index < -0.39 is 18.7 Å². The lowest BCUT2D eigenvalue weighted by Crippen LogP contribution is -2.21. The van der Waals surface area contributed by atoms with E-state index in [1.54, 1.807) is 30.3 Å². The lowest BCUT2D eigenvalue weighted by atomic mass is 9.90. The summed E-state index contributed by atoms with van der Waals surface area (Å²) in [6.07, 6.45) is 0. The van der Waals surface area contributed by atoms with Crippen molar-refractivity contribution in [3.8, 4) is 22.8 Å². The first-order valence-electron chi connectivity index (χ1n) is 17.2. The van der Waals surface area contributed by atoms with Gasteiger partial charge in [0.05, 0.1) is 30.6 Å². The monoisotopic (exact) mass is 793 g/mol. The van der Waals surface area contributed by atoms with Crippen LogP contribution in [0.4, 0.5) is 4.39 Å². The fraction of sp³-hybridized carbons (Fsp3) is 0.0488. The average molecular weight is 795 g/mol. The van der Waals surface area contributed by atoms with Crippen LogP contribution >= 0.6 is 34.8 Å². The van der Waals surface area contributed by atoms with E-state index in [1.165, 1.54) is 0 Å². The molecule has 0 fully saturated rings. The molecule has 10 rings (SSSR count). The number of halogens is 4. The van der Waals surface area contributed by atoms with Gasteiger partial charge in [0, 0.05) is 44.8 Å². The molecule has 6 aromatic carbocycles. The van der Waals surface area contributed by atoms with Crippen LogP contribution in [-0.2, 0) is 6.61 Å². The zero-order valence-corrected chi connectivity index (χ0v) is 30.7. The number of nitrogens with one attached hydrogen (secondary N) is 3. The molecule has 0 aliphatic heterocycles. The smallest absolute Gasteiger partial charge is 0.251 e. The Balaban J connectivity index is 0.000000127. The Bertz CT molecular complexity index is 2880. The van der Waals surface area contributed by atoms with Crippen LogP contribution in [0.5, 0.6) is 11.5 Å². The van der Waals surface area contributed by atoms with Crippen molar-refractivity contribution in [2.75, 3.05) is 7.15 Å². The number of carbonyl (C=O) groups excluding carboxylic acids is 2. The van der Waals surface area contributed by atoms with Crippen molar-refractivity contribution in [1.29, 1.82) is 0 Å². The van der Waals surface area contributed by atoms with Gasteiger partial charge in [0.2, 0.25) is 21.6 Å². The second kappa shape index (κ2) is 16.0. The van der Waals surface area contributed by atoms with Crippen molar-refractivity contribution in [1.82, 2.24) is 29.9 Å². The third kappa shape index (κ3) is 7.45. The lowest BCUT2D eigenvalue weighted by Gasteiger charge is -2.11. The normalized spacial score (nSPS) is 11.8. The molecule has 10 nitrogen and oxygen atoms in total. The number of aromatic nitrogens is 6. The highest BCUT2D eigenvalue weighted by Gasteiger charge is 2.33. The molecule has 0 radical (unpaired) electrons. The molecule has 1 aliphatic rings. The first-order valence-corrected chi connectivity index (χ1v) is 17.6. The van der Waals surface area contributed by atoms with Crippen LogP contribution in [0.2, 0.25) is 15.9 Å². The van der Waals surface area contributed by atoms with Crippen molar-refractivity contribution in [2.24, 2.45) is 0 Å². The first kappa shape index (κ1) is 35.7. The van der Waals surface area contributed by atoms with Crippen molar-refractivity contribution in [3.05, 3.63) is 148 Å². The van der Waals surface area contributed by atoms with Gasteiger partial charge in [-0.2, -0.15) is 0 Å². The predicted molar refractivity (Wildman–Crippen MR) is 214 cm³/mol. The standard InChI is InChI=1S/C18H13ClN2O.C11H5ClN2O2.C11H7ClN2O.CH3F/c19-18-20-15-10-16(22-11-12-6-2-1-3-7-12)13-8-4-5-9-14(13)17(15)21-18;12-11-13-7-5-3-1-2-4-6(5)9(15)10(16)8(7)14-11;12-11-13-8-5-9(15)6-3-1-2-4-7(6)10(8)14-11;1-2/h1-10H,11H2,(H,20,21);1-4H,(H,13,14);1-5,15H,(H,13,14);1H3/i;;;1D. The Labute approximate surface area is 328 Å². The summed E-state index contributed by atoms with van der Waals surface area (Å²) in [6.45, 7) is 0.526. The van der Waals surface area contributed by atoms with Crippen molar-refractivity contribution in [2.45, 2.75) is 6.61 Å². The van der Waals surface area contributed by atoms with Gasteiger partial charge in [0.15, 0.2) is 0 Å². The number of fused-ring (bicyclic) bond motifs is 9. The highest BCUT2D eigenvalue weighted by molar-refractivity contribution is 6.52. The molecule has 4 N–H and O–H groups in total. The van der Waals surface area contributed by atoms with Crippen LogP contribution in [0.15, 0.2) is 115 Å². The summed E-state index contributed by atoms with van der Waals surface area (Å²) in [4.78, 5) is 44.6. The van der Waals surface area contributed by atoms with Gasteiger partial charge in [0.1, 0.15) is 29.5 Å². The number of aromatic amines is 3. The minimum atomic E-state index is -1.00. The van der Waals surface area contributed by atoms with Crippen LogP contribution in [0.3, 0.4) is 0 Å². The Kier molecular flexibility index (Phi) is 10.4. The van der Waals surface area contributed by atoms with Gasteiger partial charge in [-0.05, 0) is 40.4 Å². The largest absolute Gasteiger partial charge is 0.507 e. The van der Waals surface area contributed by atoms with Gasteiger partial charge < -0.3 is 24.8 Å². The molecule has 3 heterocycles. The predicted octanol–water partition coefficient (Wildman–Crippen LogP) is 10.7. The number of imidazole rings is 3. The number of alkyl halides is 1. The molecular formula is C41H28Cl3FN6O4. The summed E-state index contributed by atoms with van der Waals surface area (Å²) in [5.74, 6) is -0.0535. The summed E-state index contributed by atoms with van der Waals surface area (Å²) in [5.41, 5.74) is 6.06. The average Bonchev–Trinajstić information content (AvgIpc) is 3.92. The van der Waals surface area contributed by atoms with Gasteiger partial charge in [-0.15, -0.1) is 0 Å². The molecule has 0 unspecified atom stereocenters. The highest BCUT2D eigenvalue weighted by Crippen LogP contribution is 2.35. The van der Waals surface area contributed by atoms with E-state index in [4.69, 9.17) is 40.9 Å². The zero-order chi connectivity index (χ0) is 39.3. The number of nitrogens with zero attached hydrogens (tertiary/aromatic N) is 3. The lowest BCUT2D eigenvalue weighted by molar-refractivity contribution is 0.0812. The van der Waals surface area contributed by atoms with Gasteiger partial charge in [-0.3, -0.25) is 14.0 Å². The molecule has 0 spiro atoms. The Hall–Kier alpha value is -6.27. The molecule has 14 heteroatoms. The third-order valence-corrected chi connectivity index (χ3v) is 9.18. The minimum absolute atomic E-state index is 0.114. The van der Waals surface area contributed by atoms with E-state index in [-0.39, 0.29) is 16.7 Å². The third-order valence-electron chi connectivity index (χ3n) is 8.64. The van der Waals surface area contributed by atoms with E-state index >= 15 is 0 Å². The molecule has 55 heavy (non-hydrogen) atoms. The molecule has 0 saturated carbocycles. The maximum Gasteiger partial charge on any atom is 0.251 e. The highest BCUT2D eigenvalue weighted by atomic mass is 35.5. The maximum atomic E-state index is 11.7. The fourth-order valence-corrected chi connectivity index (χ4v) is 6.81. The number of hydrogen-bond acceptors (Lipinski definition) is 7. The van der Waals surface area contributed by atoms with E-state index in [0.29, 0.717) is 34.0 Å². The van der Waals surface area contributed by atoms with Gasteiger partial charge in [-0.1, -0.05) is 103 Å². The summed E-state index contributed by atoms with van der Waals surface area (Å²) in [7, 11) is -1.00. The van der Waals surface area contributed by atoms with Crippen molar-refractivity contribution < 1.29 is 25.2 Å². The van der Waals surface area contributed by atoms with E-state index in [0.717, 1.165) is 54.9 Å². The molecule has 9 aromatic rings. The molecule has 0 amide bonds. The molecule has 1 aliphatic carbocycles. The number of Topliss-reactive ketones (excluding diaryl/α,β-unsaturated/α-hetero) is 2. The van der Waals surface area contributed by atoms with Gasteiger partial charge in [-0.25, -0.2) is 15.0 Å². The summed E-state index contributed by atoms with van der Waals surface area (Å²) >= 11 is 17.5. The SMILES string of the molecule is Clc1nc2c(cc(OCc3ccccc3)c3ccccc32)[nH]1.O=C1C(=O)c2[nH]c(Cl)nc2-c2ccccc21.Oc1cc2[nH]c(Cl)nc2c2ccccc12.[2H]CF. The first-order chi connectivity index (χ1) is 27.2. The molecule has 0 bridgehead atoms. The second-order valence-corrected chi connectivity index (χ2v) is 13.0. The topological polar surface area (TPSA) is 150 Å². The molecule has 3 aromatic heterocycles. The summed E-state index contributed by atoms with van der Waals surface area (Å²) in [5, 5.41) is 14.4. The number of aromatic hydroxyl groups is 1. The van der Waals surface area contributed by atoms with Crippen LogP contribution in [0, 0.1) is 0 Å². The number of ketones is 2. The van der Waals surface area contributed by atoms with Crippen LogP contribution in [-0.4, -0.2) is 53.7 Å². The molecular weight excluding hydrogens is 766 g/mol. The maximum absolute atomic E-state index is 11.7. The van der Waals surface area contributed by atoms with Crippen molar-refractivity contribution >= 4 is 90.0 Å². The number of phenolic OH excluding ortho intramolecular Hbond substituents is 1. The summed E-state index contributed by atoms with van der Waals surface area (Å²) < 4.78 is 21.5. The summed E-state index contributed by atoms with van der Waals surface area (Å²) in [6, 6.07) is 36.2. The second-order valence-electron chi connectivity index (χ2n) is 11.9. The number of rotatable bonds is 3. The van der Waals surface area contributed by atoms with Gasteiger partial charge >= 0.3 is 0 Å². The molecule has 0 atom stereocenters. The number of benzene rings is 6. The molecule has 0 saturated heterocycles. The Morgan fingerprint density at radius 1 is 0.655 bits per heavy atom. The van der Waals surface area contributed by atoms with Crippen molar-refractivity contribution in [3.63, 3.8) is 0 Å². The zero-order valence-electron chi connectivity index (χ0n) is 29.4. The quantitative estimate of drug-likeness (QED) is 0.130. The number of hydrogen-bond donors (Lipinski definition) is 4. The number of ether oxygens (including phenoxy) is 1. The number of carbonyl (C=O) groups is 2. The Morgan fingerprint density at radius 2 is 1.16 bits per heavy atom. The van der Waals surface area contributed by atoms with Gasteiger partial charge in [0.25, 0.3) is 5.78 Å².